The van der Waals surface area contributed by atoms with Gasteiger partial charge in [0.05, 0.1) is 12.8 Å². The Labute approximate surface area is 177 Å². The second-order valence-corrected chi connectivity index (χ2v) is 7.01. The third-order valence-electron chi connectivity index (χ3n) is 4.98. The Hall–Kier alpha value is -3.60. The van der Waals surface area contributed by atoms with Gasteiger partial charge < -0.3 is 15.4 Å². The van der Waals surface area contributed by atoms with Crippen molar-refractivity contribution in [1.29, 1.82) is 0 Å². The molecule has 30 heavy (non-hydrogen) atoms. The van der Waals surface area contributed by atoms with E-state index in [1.807, 2.05) is 36.4 Å². The molecule has 0 atom stereocenters. The zero-order chi connectivity index (χ0) is 21.3. The third-order valence-corrected chi connectivity index (χ3v) is 4.98. The molecule has 5 nitrogen and oxygen atoms in total. The summed E-state index contributed by atoms with van der Waals surface area (Å²) in [5.74, 6) is 0.611. The highest BCUT2D eigenvalue weighted by molar-refractivity contribution is 5.97. The lowest BCUT2D eigenvalue weighted by molar-refractivity contribution is 0.101. The molecular weight excluding hydrogens is 376 g/mol. The first-order chi connectivity index (χ1) is 14.6. The minimum absolute atomic E-state index is 0.0744. The fourth-order valence-electron chi connectivity index (χ4n) is 3.42. The van der Waals surface area contributed by atoms with Gasteiger partial charge in [-0.25, -0.2) is 4.79 Å². The summed E-state index contributed by atoms with van der Waals surface area (Å²) >= 11 is 0. The molecule has 0 unspecified atom stereocenters. The Kier molecular flexibility index (Phi) is 7.22. The Bertz CT molecular complexity index is 948. The molecule has 0 heterocycles. The molecule has 154 valence electrons. The van der Waals surface area contributed by atoms with Crippen molar-refractivity contribution in [2.75, 3.05) is 19.0 Å². The maximum Gasteiger partial charge on any atom is 0.319 e. The Morgan fingerprint density at radius 3 is 2.03 bits per heavy atom. The summed E-state index contributed by atoms with van der Waals surface area (Å²) in [7, 11) is 1.52. The fourth-order valence-corrected chi connectivity index (χ4v) is 3.42. The number of benzene rings is 3. The number of amides is 2. The summed E-state index contributed by atoms with van der Waals surface area (Å²) in [5.41, 5.74) is 3.40. The molecule has 2 amide bonds. The van der Waals surface area contributed by atoms with Crippen LogP contribution in [0.1, 0.15) is 40.7 Å². The number of ketones is 1. The Balaban J connectivity index is 1.65. The van der Waals surface area contributed by atoms with Gasteiger partial charge in [-0.15, -0.1) is 0 Å². The van der Waals surface area contributed by atoms with Crippen LogP contribution in [0.5, 0.6) is 5.75 Å². The van der Waals surface area contributed by atoms with E-state index in [-0.39, 0.29) is 17.7 Å². The second-order valence-electron chi connectivity index (χ2n) is 7.01. The summed E-state index contributed by atoms with van der Waals surface area (Å²) in [5, 5.41) is 5.69. The van der Waals surface area contributed by atoms with E-state index < -0.39 is 0 Å². The number of ether oxygens (including phenoxy) is 1. The Morgan fingerprint density at radius 1 is 0.900 bits per heavy atom. The van der Waals surface area contributed by atoms with E-state index in [0.717, 1.165) is 6.42 Å². The summed E-state index contributed by atoms with van der Waals surface area (Å²) in [4.78, 5) is 24.1. The van der Waals surface area contributed by atoms with Gasteiger partial charge in [0, 0.05) is 18.0 Å². The molecule has 5 heteroatoms. The fraction of sp³-hybridized carbons (Fsp3) is 0.200. The van der Waals surface area contributed by atoms with Crippen LogP contribution in [-0.2, 0) is 0 Å². The molecular formula is C25H26N2O3. The molecule has 0 bridgehead atoms. The molecule has 3 aromatic carbocycles. The molecule has 3 aromatic rings. The summed E-state index contributed by atoms with van der Waals surface area (Å²) in [6.07, 6.45) is 0.756. The summed E-state index contributed by atoms with van der Waals surface area (Å²) in [6.45, 7) is 1.98. The van der Waals surface area contributed by atoms with Crippen molar-refractivity contribution in [1.82, 2.24) is 5.32 Å². The first-order valence-electron chi connectivity index (χ1n) is 9.92. The van der Waals surface area contributed by atoms with Crippen LogP contribution >= 0.6 is 0 Å². The first kappa shape index (κ1) is 21.1. The van der Waals surface area contributed by atoms with Crippen molar-refractivity contribution in [2.45, 2.75) is 19.3 Å². The van der Waals surface area contributed by atoms with Gasteiger partial charge in [-0.1, -0.05) is 60.7 Å². The SMILES string of the molecule is COc1ccc(C(C)=O)cc1NC(=O)NCCC(c1ccccc1)c1ccccc1. The van der Waals surface area contributed by atoms with E-state index in [1.165, 1.54) is 25.2 Å². The molecule has 0 fully saturated rings. The zero-order valence-corrected chi connectivity index (χ0v) is 17.2. The van der Waals surface area contributed by atoms with Crippen LogP contribution in [0, 0.1) is 0 Å². The number of hydrogen-bond donors (Lipinski definition) is 2. The van der Waals surface area contributed by atoms with Crippen LogP contribution in [0.2, 0.25) is 0 Å². The molecule has 0 saturated carbocycles. The minimum Gasteiger partial charge on any atom is -0.495 e. The summed E-state index contributed by atoms with van der Waals surface area (Å²) in [6, 6.07) is 25.2. The van der Waals surface area contributed by atoms with E-state index >= 15 is 0 Å². The van der Waals surface area contributed by atoms with Crippen LogP contribution in [0.15, 0.2) is 78.9 Å². The first-order valence-corrected chi connectivity index (χ1v) is 9.92. The van der Waals surface area contributed by atoms with Gasteiger partial charge in [-0.2, -0.15) is 0 Å². The van der Waals surface area contributed by atoms with E-state index in [9.17, 15) is 9.59 Å². The van der Waals surface area contributed by atoms with Gasteiger partial charge in [-0.05, 0) is 42.7 Å². The van der Waals surface area contributed by atoms with Crippen molar-refractivity contribution in [3.05, 3.63) is 95.6 Å². The quantitative estimate of drug-likeness (QED) is 0.506. The second kappa shape index (κ2) is 10.3. The average Bonchev–Trinajstić information content (AvgIpc) is 2.78. The summed E-state index contributed by atoms with van der Waals surface area (Å²) < 4.78 is 5.29. The molecule has 0 spiro atoms. The molecule has 3 rings (SSSR count). The zero-order valence-electron chi connectivity index (χ0n) is 17.2. The van der Waals surface area contributed by atoms with Gasteiger partial charge in [0.25, 0.3) is 0 Å². The standard InChI is InChI=1S/C25H26N2O3/c1-18(28)21-13-14-24(30-2)23(17-21)27-25(29)26-16-15-22(19-9-5-3-6-10-19)20-11-7-4-8-12-20/h3-14,17,22H,15-16H2,1-2H3,(H2,26,27,29). The highest BCUT2D eigenvalue weighted by atomic mass is 16.5. The van der Waals surface area contributed by atoms with Crippen LogP contribution in [0.3, 0.4) is 0 Å². The van der Waals surface area contributed by atoms with E-state index in [0.29, 0.717) is 23.5 Å². The predicted molar refractivity (Wildman–Crippen MR) is 119 cm³/mol. The van der Waals surface area contributed by atoms with Crippen LogP contribution < -0.4 is 15.4 Å². The molecule has 0 aliphatic carbocycles. The lowest BCUT2D eigenvalue weighted by Gasteiger charge is -2.19. The number of carbonyl (C=O) groups excluding carboxylic acids is 2. The van der Waals surface area contributed by atoms with Gasteiger partial charge in [0.2, 0.25) is 0 Å². The Morgan fingerprint density at radius 2 is 1.50 bits per heavy atom. The number of nitrogens with one attached hydrogen (secondary N) is 2. The monoisotopic (exact) mass is 402 g/mol. The number of Topliss-reactive ketones (excluding diaryl/α,β-unsaturated/α-hetero) is 1. The average molecular weight is 402 g/mol. The highest BCUT2D eigenvalue weighted by Gasteiger charge is 2.15. The number of urea groups is 1. The normalized spacial score (nSPS) is 10.5. The molecule has 0 aromatic heterocycles. The number of rotatable bonds is 8. The van der Waals surface area contributed by atoms with Crippen molar-refractivity contribution >= 4 is 17.5 Å². The smallest absolute Gasteiger partial charge is 0.319 e. The van der Waals surface area contributed by atoms with Crippen molar-refractivity contribution in [3.8, 4) is 5.75 Å². The van der Waals surface area contributed by atoms with Crippen molar-refractivity contribution in [3.63, 3.8) is 0 Å². The lowest BCUT2D eigenvalue weighted by atomic mass is 9.88. The van der Waals surface area contributed by atoms with E-state index in [2.05, 4.69) is 34.9 Å². The maximum atomic E-state index is 12.5. The van der Waals surface area contributed by atoms with Crippen molar-refractivity contribution < 1.29 is 14.3 Å². The number of anilines is 1. The minimum atomic E-state index is -0.339. The van der Waals surface area contributed by atoms with Crippen LogP contribution in [0.4, 0.5) is 10.5 Å². The number of hydrogen-bond acceptors (Lipinski definition) is 3. The molecule has 0 aliphatic heterocycles. The van der Waals surface area contributed by atoms with E-state index in [4.69, 9.17) is 4.74 Å². The topological polar surface area (TPSA) is 67.4 Å². The van der Waals surface area contributed by atoms with Crippen LogP contribution in [-0.4, -0.2) is 25.5 Å². The molecule has 0 saturated heterocycles. The van der Waals surface area contributed by atoms with E-state index in [1.54, 1.807) is 18.2 Å². The predicted octanol–water partition coefficient (Wildman–Crippen LogP) is 5.24. The highest BCUT2D eigenvalue weighted by Crippen LogP contribution is 2.28. The lowest BCUT2D eigenvalue weighted by Crippen LogP contribution is -2.30. The molecule has 0 aliphatic rings. The largest absolute Gasteiger partial charge is 0.495 e. The van der Waals surface area contributed by atoms with Crippen LogP contribution in [0.25, 0.3) is 0 Å². The van der Waals surface area contributed by atoms with Gasteiger partial charge >= 0.3 is 6.03 Å². The maximum absolute atomic E-state index is 12.5. The van der Waals surface area contributed by atoms with Gasteiger partial charge in [0.15, 0.2) is 5.78 Å². The number of carbonyl (C=O) groups is 2. The molecule has 0 radical (unpaired) electrons. The molecule has 2 N–H and O–H groups in total. The number of methoxy groups -OCH3 is 1. The van der Waals surface area contributed by atoms with Gasteiger partial charge in [0.1, 0.15) is 5.75 Å². The van der Waals surface area contributed by atoms with Crippen molar-refractivity contribution in [2.24, 2.45) is 0 Å². The van der Waals surface area contributed by atoms with Gasteiger partial charge in [-0.3, -0.25) is 4.79 Å². The third kappa shape index (κ3) is 5.47.